The maximum Gasteiger partial charge on any atom is -0.00177 e. The summed E-state index contributed by atoms with van der Waals surface area (Å²) in [5.74, 6) is 4.88. The normalized spacial score (nSPS) is 34.9. The first-order valence-electron chi connectivity index (χ1n) is 9.91. The van der Waals surface area contributed by atoms with Gasteiger partial charge in [-0.1, -0.05) is 59.3 Å². The molecular formula is C20H39N. The number of hydrogen-bond acceptors (Lipinski definition) is 1. The Morgan fingerprint density at radius 3 is 2.29 bits per heavy atom. The first-order valence-corrected chi connectivity index (χ1v) is 9.91. The SMILES string of the molecule is CCC1CCC(C2CCCCCC2CNCC(C)C)CC1. The molecule has 0 amide bonds. The molecule has 2 fully saturated rings. The van der Waals surface area contributed by atoms with Crippen LogP contribution in [0.3, 0.4) is 0 Å². The molecule has 21 heavy (non-hydrogen) atoms. The van der Waals surface area contributed by atoms with Crippen LogP contribution in [0.1, 0.15) is 85.0 Å². The van der Waals surface area contributed by atoms with E-state index in [-0.39, 0.29) is 0 Å². The lowest BCUT2D eigenvalue weighted by Gasteiger charge is -2.37. The fourth-order valence-electron chi connectivity index (χ4n) is 4.87. The van der Waals surface area contributed by atoms with E-state index in [2.05, 4.69) is 26.1 Å². The summed E-state index contributed by atoms with van der Waals surface area (Å²) < 4.78 is 0. The molecule has 1 heteroatoms. The highest BCUT2D eigenvalue weighted by Gasteiger charge is 2.32. The Bertz CT molecular complexity index is 265. The van der Waals surface area contributed by atoms with E-state index in [0.29, 0.717) is 0 Å². The molecule has 0 aromatic heterocycles. The predicted octanol–water partition coefficient (Wildman–Crippen LogP) is 5.64. The van der Waals surface area contributed by atoms with Gasteiger partial charge in [0.2, 0.25) is 0 Å². The van der Waals surface area contributed by atoms with Gasteiger partial charge >= 0.3 is 0 Å². The standard InChI is InChI=1S/C20H39N/c1-4-17-10-12-18(13-11-17)20-9-7-5-6-8-19(20)15-21-14-16(2)3/h16-21H,4-15H2,1-3H3. The van der Waals surface area contributed by atoms with Crippen molar-refractivity contribution in [3.8, 4) is 0 Å². The smallest absolute Gasteiger partial charge is 0.00177 e. The highest BCUT2D eigenvalue weighted by Crippen LogP contribution is 2.42. The summed E-state index contributed by atoms with van der Waals surface area (Å²) in [6.45, 7) is 9.52. The average Bonchev–Trinajstić information content (AvgIpc) is 2.72. The predicted molar refractivity (Wildman–Crippen MR) is 93.5 cm³/mol. The third-order valence-electron chi connectivity index (χ3n) is 6.25. The Morgan fingerprint density at radius 1 is 0.905 bits per heavy atom. The van der Waals surface area contributed by atoms with Crippen molar-refractivity contribution in [3.05, 3.63) is 0 Å². The molecule has 2 unspecified atom stereocenters. The Hall–Kier alpha value is -0.0400. The third kappa shape index (κ3) is 5.58. The third-order valence-corrected chi connectivity index (χ3v) is 6.25. The summed E-state index contributed by atoms with van der Waals surface area (Å²) in [6.07, 6.45) is 15.0. The zero-order valence-electron chi connectivity index (χ0n) is 14.9. The first-order chi connectivity index (χ1) is 10.2. The van der Waals surface area contributed by atoms with E-state index in [9.17, 15) is 0 Å². The topological polar surface area (TPSA) is 12.0 Å². The molecule has 0 heterocycles. The van der Waals surface area contributed by atoms with Gasteiger partial charge in [-0.2, -0.15) is 0 Å². The van der Waals surface area contributed by atoms with Gasteiger partial charge in [-0.15, -0.1) is 0 Å². The maximum absolute atomic E-state index is 3.77. The molecular weight excluding hydrogens is 254 g/mol. The Labute approximate surface area is 133 Å². The van der Waals surface area contributed by atoms with Gasteiger partial charge < -0.3 is 5.32 Å². The fourth-order valence-corrected chi connectivity index (χ4v) is 4.87. The van der Waals surface area contributed by atoms with E-state index in [4.69, 9.17) is 0 Å². The zero-order chi connectivity index (χ0) is 15.1. The Balaban J connectivity index is 1.86. The molecule has 2 atom stereocenters. The van der Waals surface area contributed by atoms with E-state index in [1.54, 1.807) is 0 Å². The highest BCUT2D eigenvalue weighted by molar-refractivity contribution is 4.84. The van der Waals surface area contributed by atoms with Gasteiger partial charge in [0.25, 0.3) is 0 Å². The van der Waals surface area contributed by atoms with Crippen molar-refractivity contribution < 1.29 is 0 Å². The number of rotatable bonds is 6. The Kier molecular flexibility index (Phi) is 7.57. The molecule has 2 aliphatic rings. The molecule has 0 spiro atoms. The summed E-state index contributed by atoms with van der Waals surface area (Å²) >= 11 is 0. The van der Waals surface area contributed by atoms with E-state index < -0.39 is 0 Å². The quantitative estimate of drug-likeness (QED) is 0.624. The van der Waals surface area contributed by atoms with E-state index in [0.717, 1.165) is 29.6 Å². The summed E-state index contributed by atoms with van der Waals surface area (Å²) in [6, 6.07) is 0. The maximum atomic E-state index is 3.77. The van der Waals surface area contributed by atoms with Gasteiger partial charge in [-0.25, -0.2) is 0 Å². The second-order valence-electron chi connectivity index (χ2n) is 8.30. The molecule has 1 N–H and O–H groups in total. The van der Waals surface area contributed by atoms with Gasteiger partial charge in [-0.3, -0.25) is 0 Å². The van der Waals surface area contributed by atoms with Crippen molar-refractivity contribution in [1.82, 2.24) is 5.32 Å². The lowest BCUT2D eigenvalue weighted by Crippen LogP contribution is -2.34. The summed E-state index contributed by atoms with van der Waals surface area (Å²) in [4.78, 5) is 0. The zero-order valence-corrected chi connectivity index (χ0v) is 14.9. The van der Waals surface area contributed by atoms with Crippen molar-refractivity contribution in [1.29, 1.82) is 0 Å². The molecule has 0 radical (unpaired) electrons. The Morgan fingerprint density at radius 2 is 1.62 bits per heavy atom. The van der Waals surface area contributed by atoms with Crippen molar-refractivity contribution in [2.75, 3.05) is 13.1 Å². The minimum Gasteiger partial charge on any atom is -0.316 e. The minimum atomic E-state index is 0.786. The average molecular weight is 294 g/mol. The van der Waals surface area contributed by atoms with Crippen LogP contribution in [0.4, 0.5) is 0 Å². The highest BCUT2D eigenvalue weighted by atomic mass is 14.9. The van der Waals surface area contributed by atoms with Crippen molar-refractivity contribution in [3.63, 3.8) is 0 Å². The van der Waals surface area contributed by atoms with Gasteiger partial charge in [-0.05, 0) is 68.4 Å². The molecule has 2 saturated carbocycles. The minimum absolute atomic E-state index is 0.786. The monoisotopic (exact) mass is 293 g/mol. The fraction of sp³-hybridized carbons (Fsp3) is 1.00. The first kappa shape index (κ1) is 17.3. The summed E-state index contributed by atoms with van der Waals surface area (Å²) in [5, 5.41) is 3.77. The lowest BCUT2D eigenvalue weighted by atomic mass is 9.69. The van der Waals surface area contributed by atoms with Gasteiger partial charge in [0.05, 0.1) is 0 Å². The number of nitrogens with one attached hydrogen (secondary N) is 1. The van der Waals surface area contributed by atoms with Crippen LogP contribution in [0.25, 0.3) is 0 Å². The second-order valence-corrected chi connectivity index (χ2v) is 8.30. The second kappa shape index (κ2) is 9.18. The van der Waals surface area contributed by atoms with Crippen molar-refractivity contribution in [2.24, 2.45) is 29.6 Å². The summed E-state index contributed by atoms with van der Waals surface area (Å²) in [5.41, 5.74) is 0. The van der Waals surface area contributed by atoms with E-state index in [1.165, 1.54) is 77.3 Å². The van der Waals surface area contributed by atoms with Crippen LogP contribution in [-0.2, 0) is 0 Å². The van der Waals surface area contributed by atoms with E-state index >= 15 is 0 Å². The van der Waals surface area contributed by atoms with Crippen LogP contribution in [0.5, 0.6) is 0 Å². The van der Waals surface area contributed by atoms with Crippen LogP contribution >= 0.6 is 0 Å². The molecule has 0 aliphatic heterocycles. The largest absolute Gasteiger partial charge is 0.316 e. The lowest BCUT2D eigenvalue weighted by molar-refractivity contribution is 0.140. The van der Waals surface area contributed by atoms with Crippen LogP contribution in [-0.4, -0.2) is 13.1 Å². The molecule has 0 aromatic carbocycles. The molecule has 0 bridgehead atoms. The van der Waals surface area contributed by atoms with Crippen LogP contribution in [0.15, 0.2) is 0 Å². The van der Waals surface area contributed by atoms with Crippen LogP contribution in [0.2, 0.25) is 0 Å². The molecule has 2 aliphatic carbocycles. The molecule has 2 rings (SSSR count). The number of hydrogen-bond donors (Lipinski definition) is 1. The van der Waals surface area contributed by atoms with Gasteiger partial charge in [0, 0.05) is 0 Å². The molecule has 124 valence electrons. The summed E-state index contributed by atoms with van der Waals surface area (Å²) in [7, 11) is 0. The molecule has 0 aromatic rings. The van der Waals surface area contributed by atoms with Gasteiger partial charge in [0.1, 0.15) is 0 Å². The molecule has 1 nitrogen and oxygen atoms in total. The van der Waals surface area contributed by atoms with Crippen LogP contribution in [0, 0.1) is 29.6 Å². The molecule has 0 saturated heterocycles. The van der Waals surface area contributed by atoms with Crippen molar-refractivity contribution in [2.45, 2.75) is 85.0 Å². The van der Waals surface area contributed by atoms with Crippen molar-refractivity contribution >= 4 is 0 Å². The van der Waals surface area contributed by atoms with Gasteiger partial charge in [0.15, 0.2) is 0 Å². The van der Waals surface area contributed by atoms with E-state index in [1.807, 2.05) is 0 Å². The van der Waals surface area contributed by atoms with Crippen LogP contribution < -0.4 is 5.32 Å².